The van der Waals surface area contributed by atoms with Crippen molar-refractivity contribution in [2.24, 2.45) is 5.92 Å². The zero-order chi connectivity index (χ0) is 14.0. The molecule has 1 aliphatic heterocycles. The highest BCUT2D eigenvalue weighted by Gasteiger charge is 2.26. The van der Waals surface area contributed by atoms with E-state index in [1.165, 1.54) is 10.5 Å². The lowest BCUT2D eigenvalue weighted by atomic mass is 10.0. The Balaban J connectivity index is 2.10. The van der Waals surface area contributed by atoms with Gasteiger partial charge in [-0.1, -0.05) is 6.92 Å². The number of halogens is 1. The molecule has 2 heterocycles. The number of piperidine rings is 1. The van der Waals surface area contributed by atoms with E-state index in [9.17, 15) is 8.42 Å². The third kappa shape index (κ3) is 3.67. The molecular formula is C12H18BrN3O2S. The Morgan fingerprint density at radius 2 is 2.05 bits per heavy atom. The van der Waals surface area contributed by atoms with Crippen molar-refractivity contribution in [2.75, 3.05) is 17.8 Å². The largest absolute Gasteiger partial charge is 0.301 e. The van der Waals surface area contributed by atoms with Crippen molar-refractivity contribution in [3.05, 3.63) is 22.4 Å². The highest BCUT2D eigenvalue weighted by Crippen LogP contribution is 2.22. The average molecular weight is 348 g/mol. The molecule has 106 valence electrons. The van der Waals surface area contributed by atoms with E-state index in [1.54, 1.807) is 6.07 Å². The molecule has 1 aliphatic rings. The van der Waals surface area contributed by atoms with Crippen molar-refractivity contribution in [1.82, 2.24) is 9.29 Å². The fourth-order valence-electron chi connectivity index (χ4n) is 2.05. The van der Waals surface area contributed by atoms with Crippen molar-refractivity contribution in [3.63, 3.8) is 0 Å². The molecule has 0 spiro atoms. The molecule has 2 rings (SSSR count). The second-order valence-electron chi connectivity index (χ2n) is 5.02. The molecule has 0 atom stereocenters. The minimum Gasteiger partial charge on any atom is -0.269 e. The van der Waals surface area contributed by atoms with Crippen molar-refractivity contribution in [3.8, 4) is 0 Å². The van der Waals surface area contributed by atoms with Gasteiger partial charge in [-0.25, -0.2) is 4.98 Å². The van der Waals surface area contributed by atoms with Gasteiger partial charge in [-0.2, -0.15) is 12.7 Å². The van der Waals surface area contributed by atoms with Crippen molar-refractivity contribution in [1.29, 1.82) is 0 Å². The monoisotopic (exact) mass is 347 g/mol. The highest BCUT2D eigenvalue weighted by molar-refractivity contribution is 9.10. The predicted octanol–water partition coefficient (Wildman–Crippen LogP) is 2.54. The molecule has 1 aromatic rings. The number of pyridine rings is 1. The summed E-state index contributed by atoms with van der Waals surface area (Å²) in [5, 5.41) is 0. The van der Waals surface area contributed by atoms with Crippen LogP contribution in [0.4, 0.5) is 5.69 Å². The first-order valence-electron chi connectivity index (χ1n) is 6.28. The Bertz CT molecular complexity index is 554. The van der Waals surface area contributed by atoms with Crippen LogP contribution >= 0.6 is 15.9 Å². The Kier molecular flexibility index (Phi) is 4.47. The van der Waals surface area contributed by atoms with Crippen molar-refractivity contribution < 1.29 is 8.42 Å². The normalized spacial score (nSPS) is 18.5. The number of rotatable bonds is 3. The summed E-state index contributed by atoms with van der Waals surface area (Å²) in [6, 6.07) is 1.77. The maximum atomic E-state index is 12.2. The first-order valence-corrected chi connectivity index (χ1v) is 8.52. The lowest BCUT2D eigenvalue weighted by Gasteiger charge is -2.29. The van der Waals surface area contributed by atoms with Crippen LogP contribution in [0, 0.1) is 12.8 Å². The Morgan fingerprint density at radius 1 is 1.42 bits per heavy atom. The van der Waals surface area contributed by atoms with E-state index >= 15 is 0 Å². The summed E-state index contributed by atoms with van der Waals surface area (Å²) in [7, 11) is -3.46. The molecule has 1 aromatic heterocycles. The van der Waals surface area contributed by atoms with Crippen molar-refractivity contribution >= 4 is 31.8 Å². The smallest absolute Gasteiger partial charge is 0.269 e. The number of aromatic nitrogens is 1. The van der Waals surface area contributed by atoms with Gasteiger partial charge in [0, 0.05) is 13.1 Å². The molecule has 0 radical (unpaired) electrons. The third-order valence-electron chi connectivity index (χ3n) is 3.34. The van der Waals surface area contributed by atoms with E-state index in [-0.39, 0.29) is 0 Å². The number of anilines is 1. The minimum absolute atomic E-state index is 0.499. The molecule has 19 heavy (non-hydrogen) atoms. The van der Waals surface area contributed by atoms with Crippen molar-refractivity contribution in [2.45, 2.75) is 26.7 Å². The quantitative estimate of drug-likeness (QED) is 0.854. The number of hydrogen-bond acceptors (Lipinski definition) is 3. The van der Waals surface area contributed by atoms with Crippen LogP contribution in [0.1, 0.15) is 25.3 Å². The summed E-state index contributed by atoms with van der Waals surface area (Å²) in [5.74, 6) is 0.600. The molecule has 1 N–H and O–H groups in total. The van der Waals surface area contributed by atoms with Crippen LogP contribution in [-0.2, 0) is 10.2 Å². The van der Waals surface area contributed by atoms with Gasteiger partial charge in [-0.15, -0.1) is 0 Å². The lowest BCUT2D eigenvalue weighted by Crippen LogP contribution is -2.41. The van der Waals surface area contributed by atoms with Gasteiger partial charge >= 0.3 is 10.2 Å². The van der Waals surface area contributed by atoms with E-state index in [1.807, 2.05) is 6.92 Å². The Hall–Kier alpha value is -0.660. The lowest BCUT2D eigenvalue weighted by molar-refractivity contribution is 0.289. The van der Waals surface area contributed by atoms with Crippen LogP contribution in [0.15, 0.2) is 16.9 Å². The molecular weight excluding hydrogens is 330 g/mol. The van der Waals surface area contributed by atoms with E-state index < -0.39 is 10.2 Å². The van der Waals surface area contributed by atoms with Gasteiger partial charge in [-0.05, 0) is 53.2 Å². The molecule has 1 saturated heterocycles. The summed E-state index contributed by atoms with van der Waals surface area (Å²) in [6.45, 7) is 5.19. The SMILES string of the molecule is Cc1cc(NS(=O)(=O)N2CCC(C)CC2)cnc1Br. The summed E-state index contributed by atoms with van der Waals surface area (Å²) < 4.78 is 29.3. The fourth-order valence-corrected chi connectivity index (χ4v) is 3.50. The first kappa shape index (κ1) is 14.7. The maximum Gasteiger partial charge on any atom is 0.301 e. The van der Waals surface area contributed by atoms with Gasteiger partial charge in [0.25, 0.3) is 0 Å². The molecule has 0 bridgehead atoms. The second-order valence-corrected chi connectivity index (χ2v) is 7.44. The number of nitrogens with zero attached hydrogens (tertiary/aromatic N) is 2. The van der Waals surface area contributed by atoms with Gasteiger partial charge in [0.15, 0.2) is 0 Å². The van der Waals surface area contributed by atoms with Crippen LogP contribution in [0.5, 0.6) is 0 Å². The Labute approximate surface area is 122 Å². The van der Waals surface area contributed by atoms with E-state index in [2.05, 4.69) is 32.6 Å². The standard InChI is InChI=1S/C12H18BrN3O2S/c1-9-3-5-16(6-4-9)19(17,18)15-11-7-10(2)12(13)14-8-11/h7-9,15H,3-6H2,1-2H3. The van der Waals surface area contributed by atoms with E-state index in [4.69, 9.17) is 0 Å². The van der Waals surface area contributed by atoms with Gasteiger partial charge in [0.1, 0.15) is 4.60 Å². The number of hydrogen-bond donors (Lipinski definition) is 1. The fraction of sp³-hybridized carbons (Fsp3) is 0.583. The van der Waals surface area contributed by atoms with E-state index in [0.717, 1.165) is 23.0 Å². The van der Waals surface area contributed by atoms with Crippen LogP contribution in [0.25, 0.3) is 0 Å². The summed E-state index contributed by atoms with van der Waals surface area (Å²) in [6.07, 6.45) is 3.35. The molecule has 0 saturated carbocycles. The highest BCUT2D eigenvalue weighted by atomic mass is 79.9. The molecule has 0 unspecified atom stereocenters. The van der Waals surface area contributed by atoms with Gasteiger partial charge < -0.3 is 0 Å². The molecule has 0 aliphatic carbocycles. The molecule has 5 nitrogen and oxygen atoms in total. The molecule has 7 heteroatoms. The van der Waals surface area contributed by atoms with Crippen LogP contribution in [0.3, 0.4) is 0 Å². The summed E-state index contributed by atoms with van der Waals surface area (Å²) in [4.78, 5) is 4.09. The minimum atomic E-state index is -3.46. The van der Waals surface area contributed by atoms with Crippen LogP contribution in [0.2, 0.25) is 0 Å². The van der Waals surface area contributed by atoms with Gasteiger partial charge in [0.2, 0.25) is 0 Å². The second kappa shape index (κ2) is 5.76. The molecule has 1 fully saturated rings. The average Bonchev–Trinajstić information content (AvgIpc) is 2.34. The molecule has 0 amide bonds. The topological polar surface area (TPSA) is 62.3 Å². The molecule has 0 aromatic carbocycles. The Morgan fingerprint density at radius 3 is 2.63 bits per heavy atom. The first-order chi connectivity index (χ1) is 8.88. The van der Waals surface area contributed by atoms with Gasteiger partial charge in [0.05, 0.1) is 11.9 Å². The predicted molar refractivity (Wildman–Crippen MR) is 79.2 cm³/mol. The zero-order valence-electron chi connectivity index (χ0n) is 11.1. The number of aryl methyl sites for hydroxylation is 1. The van der Waals surface area contributed by atoms with E-state index in [0.29, 0.717) is 24.7 Å². The maximum absolute atomic E-state index is 12.2. The summed E-state index contributed by atoms with van der Waals surface area (Å²) >= 11 is 3.29. The van der Waals surface area contributed by atoms with Gasteiger partial charge in [-0.3, -0.25) is 4.72 Å². The third-order valence-corrected chi connectivity index (χ3v) is 5.71. The van der Waals surface area contributed by atoms with Crippen LogP contribution in [-0.4, -0.2) is 30.8 Å². The number of nitrogens with one attached hydrogen (secondary N) is 1. The zero-order valence-corrected chi connectivity index (χ0v) is 13.5. The summed E-state index contributed by atoms with van der Waals surface area (Å²) in [5.41, 5.74) is 1.40. The van der Waals surface area contributed by atoms with Crippen LogP contribution < -0.4 is 4.72 Å².